The van der Waals surface area contributed by atoms with Crippen molar-refractivity contribution in [3.8, 4) is 11.1 Å². The van der Waals surface area contributed by atoms with E-state index in [-0.39, 0.29) is 50.4 Å². The second kappa shape index (κ2) is 11.2. The number of para-hydroxylation sites is 1. The van der Waals surface area contributed by atoms with Gasteiger partial charge in [0, 0.05) is 28.8 Å². The molecule has 11 nitrogen and oxygen atoms in total. The smallest absolute Gasteiger partial charge is 0.317 e. The molecule has 0 spiro atoms. The third-order valence-corrected chi connectivity index (χ3v) is 9.31. The van der Waals surface area contributed by atoms with Crippen molar-refractivity contribution in [2.75, 3.05) is 0 Å². The number of aromatic nitrogens is 3. The monoisotopic (exact) mass is 636 g/mol. The van der Waals surface area contributed by atoms with Gasteiger partial charge in [0.1, 0.15) is 22.2 Å². The first-order valence-corrected chi connectivity index (χ1v) is 15.4. The topological polar surface area (TPSA) is 156 Å². The highest BCUT2D eigenvalue weighted by molar-refractivity contribution is 7.87. The van der Waals surface area contributed by atoms with Crippen molar-refractivity contribution in [3.05, 3.63) is 99.6 Å². The molecule has 4 aromatic heterocycles. The number of hydrazine groups is 1. The fraction of sp³-hybridized carbons (Fsp3) is 0.167. The summed E-state index contributed by atoms with van der Waals surface area (Å²) in [7, 11) is -4.56. The molecule has 4 N–H and O–H groups in total. The van der Waals surface area contributed by atoms with Crippen molar-refractivity contribution in [1.29, 1.82) is 0 Å². The summed E-state index contributed by atoms with van der Waals surface area (Å²) in [6, 6.07) is 14.1. The summed E-state index contributed by atoms with van der Waals surface area (Å²) >= 11 is 6.60. The van der Waals surface area contributed by atoms with Crippen LogP contribution in [0.25, 0.3) is 43.9 Å². The Bertz CT molecular complexity index is 2260. The number of carbonyl (C=O) groups excluding carboxylic acids is 1. The van der Waals surface area contributed by atoms with Crippen molar-refractivity contribution in [3.63, 3.8) is 0 Å². The summed E-state index contributed by atoms with van der Waals surface area (Å²) in [5, 5.41) is 1.21. The Morgan fingerprint density at radius 2 is 2.00 bits per heavy atom. The quantitative estimate of drug-likeness (QED) is 0.119. The molecule has 0 radical (unpaired) electrons. The second-order valence-electron chi connectivity index (χ2n) is 10.3. The van der Waals surface area contributed by atoms with E-state index in [1.165, 1.54) is 35.2 Å². The second-order valence-corrected chi connectivity index (χ2v) is 12.2. The van der Waals surface area contributed by atoms with Crippen LogP contribution in [-0.2, 0) is 16.8 Å². The largest absolute Gasteiger partial charge is 0.463 e. The molecule has 6 rings (SSSR count). The lowest BCUT2D eigenvalue weighted by Crippen LogP contribution is -2.51. The Hall–Kier alpha value is -4.56. The fourth-order valence-electron chi connectivity index (χ4n) is 5.24. The van der Waals surface area contributed by atoms with Crippen LogP contribution in [0, 0.1) is 5.82 Å². The van der Waals surface area contributed by atoms with Crippen molar-refractivity contribution in [1.82, 2.24) is 23.7 Å². The zero-order chi connectivity index (χ0) is 31.3. The lowest BCUT2D eigenvalue weighted by atomic mass is 10.0. The Kier molecular flexibility index (Phi) is 7.49. The van der Waals surface area contributed by atoms with Gasteiger partial charge in [0.15, 0.2) is 0 Å². The number of carbonyl (C=O) groups is 1. The number of hydrogen-bond donors (Lipinski definition) is 3. The molecule has 1 unspecified atom stereocenters. The number of nitrogens with two attached hydrogens (primary N) is 1. The third-order valence-electron chi connectivity index (χ3n) is 7.62. The molecule has 0 aliphatic carbocycles. The molecule has 0 aliphatic rings. The number of nitrogens with zero attached hydrogens (tertiary/aromatic N) is 3. The van der Waals surface area contributed by atoms with Crippen LogP contribution in [0.15, 0.2) is 76.3 Å². The molecule has 6 aromatic rings. The highest BCUT2D eigenvalue weighted by atomic mass is 35.5. The van der Waals surface area contributed by atoms with Crippen molar-refractivity contribution >= 4 is 60.5 Å². The van der Waals surface area contributed by atoms with Crippen LogP contribution in [0.4, 0.5) is 4.39 Å². The predicted molar refractivity (Wildman–Crippen MR) is 166 cm³/mol. The maximum absolute atomic E-state index is 15.5. The molecule has 0 bridgehead atoms. The van der Waals surface area contributed by atoms with Crippen LogP contribution in [0.1, 0.15) is 36.3 Å². The normalized spacial score (nSPS) is 12.9. The Labute approximate surface area is 255 Å². The maximum atomic E-state index is 15.5. The lowest BCUT2D eigenvalue weighted by molar-refractivity contribution is 0.0970. The number of halogens is 2. The third kappa shape index (κ3) is 4.93. The van der Waals surface area contributed by atoms with Gasteiger partial charge in [-0.05, 0) is 49.7 Å². The van der Waals surface area contributed by atoms with Crippen LogP contribution in [0.5, 0.6) is 0 Å². The molecular formula is C30H26ClFN6O5S. The zero-order valence-corrected chi connectivity index (χ0v) is 25.0. The first-order valence-electron chi connectivity index (χ1n) is 13.6. The van der Waals surface area contributed by atoms with Crippen LogP contribution in [0.2, 0.25) is 5.15 Å². The van der Waals surface area contributed by atoms with Gasteiger partial charge in [-0.25, -0.2) is 14.1 Å². The van der Waals surface area contributed by atoms with E-state index in [9.17, 15) is 18.0 Å². The Balaban J connectivity index is 1.68. The van der Waals surface area contributed by atoms with Crippen molar-refractivity contribution in [2.24, 2.45) is 5.84 Å². The van der Waals surface area contributed by atoms with E-state index in [1.807, 2.05) is 22.9 Å². The number of rotatable bonds is 8. The lowest BCUT2D eigenvalue weighted by Gasteiger charge is -2.23. The summed E-state index contributed by atoms with van der Waals surface area (Å²) in [4.78, 5) is 34.4. The van der Waals surface area contributed by atoms with Gasteiger partial charge in [-0.1, -0.05) is 36.7 Å². The Morgan fingerprint density at radius 3 is 2.75 bits per heavy atom. The van der Waals surface area contributed by atoms with Gasteiger partial charge >= 0.3 is 10.2 Å². The number of aromatic amines is 1. The highest BCUT2D eigenvalue weighted by Crippen LogP contribution is 2.40. The number of nitrogens with one attached hydrogen (secondary N) is 2. The minimum Gasteiger partial charge on any atom is -0.463 e. The van der Waals surface area contributed by atoms with E-state index >= 15 is 4.39 Å². The SMILES string of the molecule is CCC(C)N(N)S(=O)(=O)NC(=O)c1c(-c2ccc[nH]c2=O)c2c3occc3c(F)cc2n1Cc1cc2ccccc2nc1Cl. The first kappa shape index (κ1) is 29.5. The number of fused-ring (bicyclic) bond motifs is 4. The van der Waals surface area contributed by atoms with Gasteiger partial charge in [-0.15, -0.1) is 4.41 Å². The number of benzene rings is 2. The number of furan rings is 1. The molecule has 2 aromatic carbocycles. The fourth-order valence-corrected chi connectivity index (χ4v) is 6.50. The van der Waals surface area contributed by atoms with Crippen LogP contribution in [0.3, 0.4) is 0 Å². The van der Waals surface area contributed by atoms with Gasteiger partial charge in [0.25, 0.3) is 11.5 Å². The van der Waals surface area contributed by atoms with Gasteiger partial charge in [0.2, 0.25) is 0 Å². The first-order chi connectivity index (χ1) is 21.0. The summed E-state index contributed by atoms with van der Waals surface area (Å²) in [6.07, 6.45) is 3.08. The number of amides is 1. The molecule has 1 atom stereocenters. The molecule has 14 heteroatoms. The number of pyridine rings is 2. The summed E-state index contributed by atoms with van der Waals surface area (Å²) in [5.41, 5.74) is 0.536. The molecule has 44 heavy (non-hydrogen) atoms. The van der Waals surface area contributed by atoms with E-state index in [0.717, 1.165) is 5.39 Å². The van der Waals surface area contributed by atoms with Crippen LogP contribution >= 0.6 is 11.6 Å². The van der Waals surface area contributed by atoms with E-state index in [1.54, 1.807) is 32.0 Å². The predicted octanol–water partition coefficient (Wildman–Crippen LogP) is 5.08. The average molecular weight is 637 g/mol. The highest BCUT2D eigenvalue weighted by Gasteiger charge is 2.33. The zero-order valence-electron chi connectivity index (χ0n) is 23.5. The van der Waals surface area contributed by atoms with Crippen LogP contribution < -0.4 is 16.1 Å². The molecule has 1 amide bonds. The van der Waals surface area contributed by atoms with Gasteiger partial charge in [-0.3, -0.25) is 15.4 Å². The molecule has 0 fully saturated rings. The van der Waals surface area contributed by atoms with E-state index in [2.05, 4.69) is 9.97 Å². The summed E-state index contributed by atoms with van der Waals surface area (Å²) in [6.45, 7) is 3.18. The van der Waals surface area contributed by atoms with E-state index < -0.39 is 33.5 Å². The van der Waals surface area contributed by atoms with Crippen LogP contribution in [-0.4, -0.2) is 39.3 Å². The molecule has 4 heterocycles. The van der Waals surface area contributed by atoms with E-state index in [0.29, 0.717) is 21.9 Å². The van der Waals surface area contributed by atoms with Gasteiger partial charge in [-0.2, -0.15) is 8.42 Å². The maximum Gasteiger partial charge on any atom is 0.317 e. The molecular weight excluding hydrogens is 611 g/mol. The van der Waals surface area contributed by atoms with Gasteiger partial charge < -0.3 is 14.0 Å². The molecule has 226 valence electrons. The molecule has 0 aliphatic heterocycles. The van der Waals surface area contributed by atoms with Crippen molar-refractivity contribution < 1.29 is 22.0 Å². The average Bonchev–Trinajstić information content (AvgIpc) is 3.60. The summed E-state index contributed by atoms with van der Waals surface area (Å²) < 4.78 is 51.6. The summed E-state index contributed by atoms with van der Waals surface area (Å²) in [5.74, 6) is 4.11. The van der Waals surface area contributed by atoms with Gasteiger partial charge in [0.05, 0.1) is 40.2 Å². The number of hydrogen-bond acceptors (Lipinski definition) is 7. The number of H-pyrrole nitrogens is 1. The minimum absolute atomic E-state index is 0.0253. The van der Waals surface area contributed by atoms with E-state index in [4.69, 9.17) is 21.9 Å². The standard InChI is InChI=1S/C30H26ClFN6O5S/c1-3-16(2)38(33)44(41,42)36-30(40)26-24(20-8-6-11-34-29(20)39)25-23(14-21(32)19-10-12-43-27(19)25)37(26)15-18-13-17-7-4-5-9-22(17)35-28(18)31/h4-14,16H,3,15,33H2,1-2H3,(H,34,39)(H,36,40). The van der Waals surface area contributed by atoms with Crippen molar-refractivity contribution in [2.45, 2.75) is 32.9 Å². The Morgan fingerprint density at radius 1 is 1.23 bits per heavy atom. The minimum atomic E-state index is -4.56. The molecule has 0 saturated carbocycles. The molecule has 0 saturated heterocycles.